The molecular weight excluding hydrogens is 198 g/mol. The molecule has 0 aromatic heterocycles. The van der Waals surface area contributed by atoms with Gasteiger partial charge in [-0.15, -0.1) is 0 Å². The van der Waals surface area contributed by atoms with Crippen molar-refractivity contribution in [3.05, 3.63) is 0 Å². The number of hydrogen-bond donors (Lipinski definition) is 1. The van der Waals surface area contributed by atoms with Gasteiger partial charge in [0.25, 0.3) is 0 Å². The molecule has 0 aromatic carbocycles. The van der Waals surface area contributed by atoms with Crippen LogP contribution >= 0.6 is 15.9 Å². The largest absolute Gasteiger partial charge is 0.355 e. The first-order chi connectivity index (χ1) is 4.74. The highest BCUT2D eigenvalue weighted by Gasteiger charge is 2.26. The number of Topliss-reactive ketones (excluding diaryl/α,β-unsaturated/α-hetero) is 1. The predicted octanol–water partition coefficient (Wildman–Crippen LogP) is 0.0865. The first-order valence-corrected chi connectivity index (χ1v) is 4.21. The molecule has 1 fully saturated rings. The summed E-state index contributed by atoms with van der Waals surface area (Å²) < 4.78 is 0. The Morgan fingerprint density at radius 3 is 2.90 bits per heavy atom. The van der Waals surface area contributed by atoms with Crippen molar-refractivity contribution in [2.45, 2.75) is 6.42 Å². The molecule has 1 aliphatic heterocycles. The van der Waals surface area contributed by atoms with E-state index in [0.717, 1.165) is 0 Å². The van der Waals surface area contributed by atoms with Crippen molar-refractivity contribution in [1.29, 1.82) is 0 Å². The number of hydrogen-bond acceptors (Lipinski definition) is 2. The van der Waals surface area contributed by atoms with E-state index in [1.807, 2.05) is 0 Å². The van der Waals surface area contributed by atoms with Crippen molar-refractivity contribution in [1.82, 2.24) is 5.32 Å². The molecule has 1 unspecified atom stereocenters. The van der Waals surface area contributed by atoms with Gasteiger partial charge in [0.15, 0.2) is 0 Å². The molecule has 1 rings (SSSR count). The lowest BCUT2D eigenvalue weighted by Gasteiger charge is -1.99. The van der Waals surface area contributed by atoms with E-state index in [1.165, 1.54) is 0 Å². The fourth-order valence-corrected chi connectivity index (χ4v) is 1.40. The van der Waals surface area contributed by atoms with Gasteiger partial charge >= 0.3 is 0 Å². The normalized spacial score (nSPS) is 24.5. The molecular formula is C6H8BrNO2. The van der Waals surface area contributed by atoms with Crippen LogP contribution in [0, 0.1) is 5.92 Å². The van der Waals surface area contributed by atoms with Crippen LogP contribution in [0.1, 0.15) is 6.42 Å². The highest BCUT2D eigenvalue weighted by atomic mass is 79.9. The molecule has 1 aliphatic rings. The van der Waals surface area contributed by atoms with Gasteiger partial charge in [0, 0.05) is 18.9 Å². The molecule has 1 saturated heterocycles. The van der Waals surface area contributed by atoms with E-state index in [1.54, 1.807) is 0 Å². The molecule has 1 N–H and O–H groups in total. The fraction of sp³-hybridized carbons (Fsp3) is 0.667. The number of nitrogens with one attached hydrogen (secondary N) is 1. The van der Waals surface area contributed by atoms with Gasteiger partial charge in [-0.2, -0.15) is 0 Å². The van der Waals surface area contributed by atoms with Gasteiger partial charge in [-0.3, -0.25) is 9.59 Å². The summed E-state index contributed by atoms with van der Waals surface area (Å²) in [5.74, 6) is 0.00419. The van der Waals surface area contributed by atoms with E-state index in [4.69, 9.17) is 0 Å². The van der Waals surface area contributed by atoms with Crippen molar-refractivity contribution in [2.24, 2.45) is 5.92 Å². The van der Waals surface area contributed by atoms with Crippen LogP contribution in [0.5, 0.6) is 0 Å². The minimum absolute atomic E-state index is 0.0145. The summed E-state index contributed by atoms with van der Waals surface area (Å²) in [4.78, 5) is 21.5. The molecule has 0 bridgehead atoms. The van der Waals surface area contributed by atoms with Crippen LogP contribution in [0.25, 0.3) is 0 Å². The minimum Gasteiger partial charge on any atom is -0.355 e. The third-order valence-corrected chi connectivity index (χ3v) is 2.12. The van der Waals surface area contributed by atoms with Gasteiger partial charge < -0.3 is 5.32 Å². The summed E-state index contributed by atoms with van der Waals surface area (Å²) in [5, 5.41) is 2.96. The van der Waals surface area contributed by atoms with Crippen LogP contribution in [0.4, 0.5) is 0 Å². The van der Waals surface area contributed by atoms with Gasteiger partial charge in [0.05, 0.1) is 5.33 Å². The number of alkyl halides is 1. The van der Waals surface area contributed by atoms with Gasteiger partial charge in [-0.25, -0.2) is 0 Å². The maximum atomic E-state index is 10.9. The molecule has 3 nitrogen and oxygen atoms in total. The monoisotopic (exact) mass is 205 g/mol. The zero-order valence-corrected chi connectivity index (χ0v) is 6.98. The van der Waals surface area contributed by atoms with Crippen molar-refractivity contribution in [2.75, 3.05) is 11.9 Å². The van der Waals surface area contributed by atoms with Crippen molar-refractivity contribution >= 4 is 27.6 Å². The molecule has 1 heterocycles. The lowest BCUT2D eigenvalue weighted by atomic mass is 10.1. The Kier molecular flexibility index (Phi) is 2.43. The standard InChI is InChI=1S/C6H8BrNO2/c7-2-5(9)4-1-6(10)8-3-4/h4H,1-3H2,(H,8,10). The summed E-state index contributed by atoms with van der Waals surface area (Å²) in [6.07, 6.45) is 0.366. The SMILES string of the molecule is O=C1CC(C(=O)CBr)CN1. The second-order valence-corrected chi connectivity index (χ2v) is 2.87. The molecule has 0 aromatic rings. The van der Waals surface area contributed by atoms with E-state index >= 15 is 0 Å². The quantitative estimate of drug-likeness (QED) is 0.650. The number of carbonyl (C=O) groups excluding carboxylic acids is 2. The molecule has 0 spiro atoms. The van der Waals surface area contributed by atoms with E-state index in [-0.39, 0.29) is 17.6 Å². The summed E-state index contributed by atoms with van der Waals surface area (Å²) in [5.41, 5.74) is 0. The highest BCUT2D eigenvalue weighted by Crippen LogP contribution is 2.10. The molecule has 10 heavy (non-hydrogen) atoms. The maximum absolute atomic E-state index is 10.9. The van der Waals surface area contributed by atoms with Crippen molar-refractivity contribution < 1.29 is 9.59 Å². The van der Waals surface area contributed by atoms with Gasteiger partial charge in [-0.05, 0) is 0 Å². The summed E-state index contributed by atoms with van der Waals surface area (Å²) >= 11 is 3.06. The first-order valence-electron chi connectivity index (χ1n) is 3.09. The number of amides is 1. The number of rotatable bonds is 2. The number of ketones is 1. The third kappa shape index (κ3) is 1.56. The van der Waals surface area contributed by atoms with Gasteiger partial charge in [0.1, 0.15) is 5.78 Å². The van der Waals surface area contributed by atoms with Crippen LogP contribution in [0.15, 0.2) is 0 Å². The van der Waals surface area contributed by atoms with Crippen molar-refractivity contribution in [3.8, 4) is 0 Å². The Labute approximate surface area is 67.3 Å². The van der Waals surface area contributed by atoms with Gasteiger partial charge in [0.2, 0.25) is 5.91 Å². The summed E-state index contributed by atoms with van der Waals surface area (Å²) in [6, 6.07) is 0. The van der Waals surface area contributed by atoms with E-state index in [9.17, 15) is 9.59 Å². The molecule has 0 saturated carbocycles. The van der Waals surface area contributed by atoms with E-state index in [2.05, 4.69) is 21.2 Å². The first kappa shape index (κ1) is 7.72. The second kappa shape index (κ2) is 3.14. The number of halogens is 1. The Balaban J connectivity index is 2.44. The Hall–Kier alpha value is -0.380. The minimum atomic E-state index is -0.0909. The zero-order chi connectivity index (χ0) is 7.56. The third-order valence-electron chi connectivity index (χ3n) is 1.56. The zero-order valence-electron chi connectivity index (χ0n) is 5.39. The van der Waals surface area contributed by atoms with Crippen LogP contribution in [-0.2, 0) is 9.59 Å². The Morgan fingerprint density at radius 1 is 1.80 bits per heavy atom. The van der Waals surface area contributed by atoms with Crippen LogP contribution < -0.4 is 5.32 Å². The topological polar surface area (TPSA) is 46.2 Å². The van der Waals surface area contributed by atoms with Crippen molar-refractivity contribution in [3.63, 3.8) is 0 Å². The lowest BCUT2D eigenvalue weighted by molar-refractivity contribution is -0.123. The van der Waals surface area contributed by atoms with Crippen LogP contribution in [0.3, 0.4) is 0 Å². The van der Waals surface area contributed by atoms with Crippen LogP contribution in [0.2, 0.25) is 0 Å². The average Bonchev–Trinajstić information content (AvgIpc) is 2.34. The summed E-state index contributed by atoms with van der Waals surface area (Å²) in [6.45, 7) is 0.517. The lowest BCUT2D eigenvalue weighted by Crippen LogP contribution is -2.18. The smallest absolute Gasteiger partial charge is 0.220 e. The highest BCUT2D eigenvalue weighted by molar-refractivity contribution is 9.09. The van der Waals surface area contributed by atoms with E-state index < -0.39 is 0 Å². The average molecular weight is 206 g/mol. The predicted molar refractivity (Wildman–Crippen MR) is 39.9 cm³/mol. The van der Waals surface area contributed by atoms with Crippen LogP contribution in [-0.4, -0.2) is 23.6 Å². The summed E-state index contributed by atoms with van der Waals surface area (Å²) in [7, 11) is 0. The maximum Gasteiger partial charge on any atom is 0.220 e. The Bertz CT molecular complexity index is 169. The molecule has 4 heteroatoms. The molecule has 0 radical (unpaired) electrons. The second-order valence-electron chi connectivity index (χ2n) is 2.31. The fourth-order valence-electron chi connectivity index (χ4n) is 0.942. The van der Waals surface area contributed by atoms with E-state index in [0.29, 0.717) is 18.3 Å². The molecule has 0 aliphatic carbocycles. The molecule has 1 amide bonds. The number of carbonyl (C=O) groups is 2. The molecule has 1 atom stereocenters. The van der Waals surface area contributed by atoms with Gasteiger partial charge in [-0.1, -0.05) is 15.9 Å². The Morgan fingerprint density at radius 2 is 2.50 bits per heavy atom. The molecule has 56 valence electrons.